The second-order valence-corrected chi connectivity index (χ2v) is 15.6. The van der Waals surface area contributed by atoms with Crippen molar-refractivity contribution in [2.24, 2.45) is 29.1 Å². The van der Waals surface area contributed by atoms with E-state index >= 15 is 0 Å². The molecule has 1 heterocycles. The van der Waals surface area contributed by atoms with Crippen molar-refractivity contribution in [3.8, 4) is 0 Å². The van der Waals surface area contributed by atoms with Crippen LogP contribution in [0.1, 0.15) is 84.1 Å². The molecule has 0 aromatic heterocycles. The molecule has 6 rings (SSSR count). The Kier molecular flexibility index (Phi) is 11.7. The summed E-state index contributed by atoms with van der Waals surface area (Å²) in [6, 6.07) is 5.33. The molecule has 1 aliphatic heterocycles. The Morgan fingerprint density at radius 2 is 1.53 bits per heavy atom. The van der Waals surface area contributed by atoms with Gasteiger partial charge in [-0.25, -0.2) is 0 Å². The molecule has 49 heavy (non-hydrogen) atoms. The standard InChI is InChI=1S/C37H54N6O6/c1-22(2)32-35(48)39-23(3)33(46)41-29(16-24-9-6-5-7-10-24)36(49)43(4)21-31(45)38-12-8-11-28(34(47)42-32)40-30(44)20-37-17-25-13-26(18-37)15-27(14-25)19-37/h5-7,9-10,22-23,25-29,32H,8,11-21H2,1-4H3,(H,38,45)(H,39,48)(H,40,44)(H,41,46)(H,42,47)/t23-,25?,26?,27?,28+,29+,32-,37?/m1/s1. The minimum absolute atomic E-state index is 0.000547. The highest BCUT2D eigenvalue weighted by molar-refractivity contribution is 5.96. The highest BCUT2D eigenvalue weighted by Gasteiger charge is 2.51. The van der Waals surface area contributed by atoms with Crippen LogP contribution in [-0.4, -0.2) is 84.6 Å². The van der Waals surface area contributed by atoms with Gasteiger partial charge in [0.15, 0.2) is 0 Å². The third-order valence-electron chi connectivity index (χ3n) is 11.0. The summed E-state index contributed by atoms with van der Waals surface area (Å²) >= 11 is 0. The number of carbonyl (C=O) groups excluding carboxylic acids is 6. The summed E-state index contributed by atoms with van der Waals surface area (Å²) < 4.78 is 0. The first-order valence-electron chi connectivity index (χ1n) is 18.1. The molecule has 4 atom stereocenters. The molecule has 1 aromatic carbocycles. The highest BCUT2D eigenvalue weighted by Crippen LogP contribution is 2.61. The summed E-state index contributed by atoms with van der Waals surface area (Å²) in [5.41, 5.74) is 0.819. The van der Waals surface area contributed by atoms with Gasteiger partial charge in [-0.3, -0.25) is 28.8 Å². The maximum atomic E-state index is 13.8. The first kappa shape index (κ1) is 36.3. The molecule has 4 aliphatic carbocycles. The fourth-order valence-corrected chi connectivity index (χ4v) is 9.01. The largest absolute Gasteiger partial charge is 0.355 e. The number of nitrogens with one attached hydrogen (secondary N) is 5. The number of benzene rings is 1. The maximum Gasteiger partial charge on any atom is 0.245 e. The second-order valence-electron chi connectivity index (χ2n) is 15.6. The molecule has 0 unspecified atom stereocenters. The minimum atomic E-state index is -1.03. The zero-order valence-electron chi connectivity index (χ0n) is 29.4. The van der Waals surface area contributed by atoms with Crippen LogP contribution in [-0.2, 0) is 35.2 Å². The lowest BCUT2D eigenvalue weighted by atomic mass is 9.49. The van der Waals surface area contributed by atoms with Gasteiger partial charge in [0.25, 0.3) is 0 Å². The number of hydrogen-bond acceptors (Lipinski definition) is 6. The Hall–Kier alpha value is -3.96. The predicted octanol–water partition coefficient (Wildman–Crippen LogP) is 1.82. The van der Waals surface area contributed by atoms with Gasteiger partial charge < -0.3 is 31.5 Å². The number of hydrogen-bond donors (Lipinski definition) is 5. The van der Waals surface area contributed by atoms with Crippen LogP contribution in [0, 0.1) is 29.1 Å². The zero-order valence-corrected chi connectivity index (χ0v) is 29.4. The monoisotopic (exact) mass is 678 g/mol. The third-order valence-corrected chi connectivity index (χ3v) is 11.0. The smallest absolute Gasteiger partial charge is 0.245 e. The van der Waals surface area contributed by atoms with Crippen molar-refractivity contribution >= 4 is 35.4 Å². The fraction of sp³-hybridized carbons (Fsp3) is 0.676. The summed E-state index contributed by atoms with van der Waals surface area (Å²) in [6.07, 6.45) is 8.25. The van der Waals surface area contributed by atoms with Crippen molar-refractivity contribution in [1.29, 1.82) is 0 Å². The number of nitrogens with zero attached hydrogens (tertiary/aromatic N) is 1. The van der Waals surface area contributed by atoms with Crippen LogP contribution < -0.4 is 26.6 Å². The molecule has 0 spiro atoms. The Labute approximate surface area is 289 Å². The quantitative estimate of drug-likeness (QED) is 0.308. The number of likely N-dealkylation sites (N-methyl/N-ethyl adjacent to an activating group) is 1. The van der Waals surface area contributed by atoms with Gasteiger partial charge >= 0.3 is 0 Å². The van der Waals surface area contributed by atoms with Gasteiger partial charge in [-0.2, -0.15) is 0 Å². The van der Waals surface area contributed by atoms with Crippen LogP contribution in [0.15, 0.2) is 30.3 Å². The van der Waals surface area contributed by atoms with Crippen LogP contribution >= 0.6 is 0 Å². The average Bonchev–Trinajstić information content (AvgIpc) is 3.03. The molecule has 268 valence electrons. The van der Waals surface area contributed by atoms with Gasteiger partial charge in [-0.05, 0) is 92.9 Å². The summed E-state index contributed by atoms with van der Waals surface area (Å²) in [6.45, 7) is 5.10. The lowest BCUT2D eigenvalue weighted by Crippen LogP contribution is -2.59. The van der Waals surface area contributed by atoms with Crippen molar-refractivity contribution in [3.63, 3.8) is 0 Å². The molecule has 6 amide bonds. The van der Waals surface area contributed by atoms with Gasteiger partial charge in [-0.1, -0.05) is 44.2 Å². The Bertz CT molecular complexity index is 1360. The maximum absolute atomic E-state index is 13.8. The van der Waals surface area contributed by atoms with Gasteiger partial charge in [0.2, 0.25) is 35.4 Å². The number of amides is 6. The lowest BCUT2D eigenvalue weighted by Gasteiger charge is -2.56. The van der Waals surface area contributed by atoms with E-state index in [1.54, 1.807) is 13.8 Å². The summed E-state index contributed by atoms with van der Waals surface area (Å²) in [5, 5.41) is 14.1. The number of rotatable bonds is 6. The van der Waals surface area contributed by atoms with E-state index in [0.717, 1.165) is 24.8 Å². The first-order chi connectivity index (χ1) is 23.3. The van der Waals surface area contributed by atoms with E-state index in [2.05, 4.69) is 26.6 Å². The van der Waals surface area contributed by atoms with Crippen LogP contribution in [0.2, 0.25) is 0 Å². The van der Waals surface area contributed by atoms with Gasteiger partial charge in [0, 0.05) is 26.4 Å². The fourth-order valence-electron chi connectivity index (χ4n) is 9.01. The Morgan fingerprint density at radius 1 is 0.898 bits per heavy atom. The van der Waals surface area contributed by atoms with Crippen LogP contribution in [0.25, 0.3) is 0 Å². The van der Waals surface area contributed by atoms with E-state index in [4.69, 9.17) is 0 Å². The second kappa shape index (κ2) is 15.7. The molecule has 1 aromatic rings. The molecule has 12 heteroatoms. The van der Waals surface area contributed by atoms with E-state index in [-0.39, 0.29) is 49.1 Å². The van der Waals surface area contributed by atoms with E-state index in [1.807, 2.05) is 30.3 Å². The summed E-state index contributed by atoms with van der Waals surface area (Å²) in [5.74, 6) is -0.821. The van der Waals surface area contributed by atoms with E-state index in [0.29, 0.717) is 30.6 Å². The van der Waals surface area contributed by atoms with Crippen molar-refractivity contribution in [1.82, 2.24) is 31.5 Å². The molecule has 0 radical (unpaired) electrons. The zero-order chi connectivity index (χ0) is 35.3. The normalized spacial score (nSPS) is 33.2. The molecular weight excluding hydrogens is 624 g/mol. The van der Waals surface area contributed by atoms with Crippen LogP contribution in [0.3, 0.4) is 0 Å². The average molecular weight is 679 g/mol. The van der Waals surface area contributed by atoms with Gasteiger partial charge in [0.1, 0.15) is 24.2 Å². The van der Waals surface area contributed by atoms with Crippen molar-refractivity contribution in [3.05, 3.63) is 35.9 Å². The van der Waals surface area contributed by atoms with Crippen LogP contribution in [0.4, 0.5) is 0 Å². The summed E-state index contributed by atoms with van der Waals surface area (Å²) in [7, 11) is 1.50. The third kappa shape index (κ3) is 9.39. The molecule has 12 nitrogen and oxygen atoms in total. The van der Waals surface area contributed by atoms with E-state index in [1.165, 1.54) is 38.1 Å². The molecular formula is C37H54N6O6. The molecule has 1 saturated heterocycles. The first-order valence-corrected chi connectivity index (χ1v) is 18.1. The van der Waals surface area contributed by atoms with E-state index in [9.17, 15) is 28.8 Å². The molecule has 4 saturated carbocycles. The SMILES string of the molecule is CC(C)[C@H]1NC(=O)[C@@H](NC(=O)CC23CC4CC(CC(C4)C2)C3)CCCNC(=O)CN(C)C(=O)[C@H](Cc2ccccc2)NC(=O)[C@@H](C)NC1=O. The number of carbonyl (C=O) groups is 6. The topological polar surface area (TPSA) is 166 Å². The lowest BCUT2D eigenvalue weighted by molar-refractivity contribution is -0.139. The molecule has 5 aliphatic rings. The van der Waals surface area contributed by atoms with E-state index < -0.39 is 47.8 Å². The molecule has 4 bridgehead atoms. The molecule has 5 fully saturated rings. The van der Waals surface area contributed by atoms with Crippen molar-refractivity contribution in [2.45, 2.75) is 109 Å². The predicted molar refractivity (Wildman–Crippen MR) is 183 cm³/mol. The Morgan fingerprint density at radius 3 is 2.14 bits per heavy atom. The molecule has 5 N–H and O–H groups in total. The van der Waals surface area contributed by atoms with Gasteiger partial charge in [-0.15, -0.1) is 0 Å². The van der Waals surface area contributed by atoms with Crippen molar-refractivity contribution in [2.75, 3.05) is 20.1 Å². The summed E-state index contributed by atoms with van der Waals surface area (Å²) in [4.78, 5) is 81.8. The highest BCUT2D eigenvalue weighted by atomic mass is 16.2. The Balaban J connectivity index is 1.30. The van der Waals surface area contributed by atoms with Gasteiger partial charge in [0.05, 0.1) is 6.54 Å². The van der Waals surface area contributed by atoms with Crippen molar-refractivity contribution < 1.29 is 28.8 Å². The minimum Gasteiger partial charge on any atom is -0.355 e. The van der Waals surface area contributed by atoms with Crippen LogP contribution in [0.5, 0.6) is 0 Å².